The van der Waals surface area contributed by atoms with Gasteiger partial charge in [-0.1, -0.05) is 123 Å². The maximum atomic E-state index is 12.3. The van der Waals surface area contributed by atoms with Crippen LogP contribution in [0.1, 0.15) is 111 Å². The molecule has 0 amide bonds. The van der Waals surface area contributed by atoms with E-state index in [0.29, 0.717) is 57.4 Å². The van der Waals surface area contributed by atoms with E-state index in [1.807, 2.05) is 12.1 Å². The van der Waals surface area contributed by atoms with Crippen LogP contribution < -0.4 is 14.8 Å². The largest absolute Gasteiger partial charge is 0.573 e. The first kappa shape index (κ1) is 50.6. The highest BCUT2D eigenvalue weighted by Gasteiger charge is 2.45. The van der Waals surface area contributed by atoms with Crippen LogP contribution in [0.15, 0.2) is 109 Å². The van der Waals surface area contributed by atoms with E-state index in [-0.39, 0.29) is 24.6 Å². The molecule has 0 aromatic heterocycles. The van der Waals surface area contributed by atoms with E-state index in [2.05, 4.69) is 70.2 Å². The summed E-state index contributed by atoms with van der Waals surface area (Å²) in [5.74, 6) is -6.04. The summed E-state index contributed by atoms with van der Waals surface area (Å²) >= 11 is 0. The maximum absolute atomic E-state index is 12.3. The zero-order chi connectivity index (χ0) is 44.0. The number of hydrogen-bond donors (Lipinski definition) is 5. The summed E-state index contributed by atoms with van der Waals surface area (Å²) in [7, 11) is 0. The van der Waals surface area contributed by atoms with E-state index in [4.69, 9.17) is 0 Å². The number of alkyl halides is 6. The number of benzene rings is 4. The van der Waals surface area contributed by atoms with Gasteiger partial charge in [-0.3, -0.25) is 9.59 Å². The third-order valence-electron chi connectivity index (χ3n) is 10.6. The first-order chi connectivity index (χ1) is 28.3. The van der Waals surface area contributed by atoms with Crippen molar-refractivity contribution in [2.75, 3.05) is 0 Å². The molecule has 61 heavy (non-hydrogen) atoms. The number of aliphatic carboxylic acids is 2. The molecule has 2 aliphatic rings. The predicted molar refractivity (Wildman–Crippen MR) is 222 cm³/mol. The Labute approximate surface area is 358 Å². The maximum Gasteiger partial charge on any atom is 0.573 e. The molecule has 2 aliphatic carbocycles. The van der Waals surface area contributed by atoms with Crippen molar-refractivity contribution < 1.29 is 65.8 Å². The van der Waals surface area contributed by atoms with Crippen LogP contribution in [0.3, 0.4) is 0 Å². The molecule has 9 nitrogen and oxygen atoms in total. The van der Waals surface area contributed by atoms with Crippen molar-refractivity contribution in [3.8, 4) is 11.5 Å². The molecule has 0 saturated heterocycles. The molecule has 16 heteroatoms. The molecule has 5 N–H and O–H groups in total. The number of ether oxygens (including phenoxy) is 2. The molecular formula is C45H53F6NO8S. The molecular weight excluding hydrogens is 829 g/mol. The number of carboxylic acid groups (broad SMARTS) is 2. The Bertz CT molecular complexity index is 1840. The van der Waals surface area contributed by atoms with Crippen LogP contribution in [0, 0.1) is 0 Å². The lowest BCUT2D eigenvalue weighted by Crippen LogP contribution is -2.42. The second-order valence-corrected chi connectivity index (χ2v) is 15.1. The van der Waals surface area contributed by atoms with Gasteiger partial charge in [0.25, 0.3) is 0 Å². The smallest absolute Gasteiger partial charge is 0.481 e. The van der Waals surface area contributed by atoms with Crippen molar-refractivity contribution in [3.63, 3.8) is 0 Å². The second-order valence-electron chi connectivity index (χ2n) is 15.1. The number of aliphatic hydroxyl groups is 2. The first-order valence-corrected chi connectivity index (χ1v) is 19.7. The van der Waals surface area contributed by atoms with Gasteiger partial charge in [-0.05, 0) is 79.1 Å². The van der Waals surface area contributed by atoms with Gasteiger partial charge in [-0.25, -0.2) is 0 Å². The van der Waals surface area contributed by atoms with Gasteiger partial charge in [0.15, 0.2) is 0 Å². The minimum atomic E-state index is -4.85. The zero-order valence-electron chi connectivity index (χ0n) is 33.6. The number of carbonyl (C=O) groups is 2. The molecule has 0 heterocycles. The molecule has 6 rings (SSSR count). The highest BCUT2D eigenvalue weighted by Crippen LogP contribution is 2.42. The van der Waals surface area contributed by atoms with Gasteiger partial charge in [0.1, 0.15) is 23.3 Å². The summed E-state index contributed by atoms with van der Waals surface area (Å²) in [6.45, 7) is 3.11. The topological polar surface area (TPSA) is 146 Å². The standard InChI is InChI=1S/2C15H17F3O4.C15H17N.H2S/c2*16-15(17,18)22-11-6-4-5-10(9-11)12(13(19)20)14(21)7-2-1-3-8-14;1-13(15-10-6-3-7-11-15)16-12-14-8-4-2-5-9-14;/h2*4-6,9,12,21H,1-3,7-8H2,(H,19,20);2-11,13,16H,12H2,1H3;1H2/t12-;;13-;/m0.0./s1. The van der Waals surface area contributed by atoms with Crippen LogP contribution in [-0.2, 0) is 16.1 Å². The first-order valence-electron chi connectivity index (χ1n) is 19.7. The Balaban J connectivity index is 0.000000245. The fourth-order valence-electron chi connectivity index (χ4n) is 7.78. The summed E-state index contributed by atoms with van der Waals surface area (Å²) in [6, 6.07) is 31.0. The van der Waals surface area contributed by atoms with Crippen molar-refractivity contribution in [2.24, 2.45) is 0 Å². The zero-order valence-corrected chi connectivity index (χ0v) is 34.6. The van der Waals surface area contributed by atoms with Gasteiger partial charge in [-0.2, -0.15) is 13.5 Å². The van der Waals surface area contributed by atoms with E-state index in [1.54, 1.807) is 0 Å². The van der Waals surface area contributed by atoms with Gasteiger partial charge in [0, 0.05) is 12.6 Å². The highest BCUT2D eigenvalue weighted by molar-refractivity contribution is 7.59. The van der Waals surface area contributed by atoms with Crippen molar-refractivity contribution in [1.29, 1.82) is 0 Å². The molecule has 3 atom stereocenters. The molecule has 2 fully saturated rings. The molecule has 4 aromatic carbocycles. The van der Waals surface area contributed by atoms with Crippen LogP contribution >= 0.6 is 13.5 Å². The molecule has 2 saturated carbocycles. The fraction of sp³-hybridized carbons (Fsp3) is 0.422. The number of nitrogens with one attached hydrogen (secondary N) is 1. The van der Waals surface area contributed by atoms with Gasteiger partial charge < -0.3 is 35.2 Å². The summed E-state index contributed by atoms with van der Waals surface area (Å²) in [5.41, 5.74) is -0.0111. The molecule has 4 aromatic rings. The van der Waals surface area contributed by atoms with E-state index < -0.39 is 59.2 Å². The van der Waals surface area contributed by atoms with Crippen LogP contribution in [0.5, 0.6) is 11.5 Å². The van der Waals surface area contributed by atoms with Gasteiger partial charge in [-0.15, -0.1) is 26.3 Å². The quantitative estimate of drug-likeness (QED) is 0.0878. The molecule has 334 valence electrons. The van der Waals surface area contributed by atoms with Gasteiger partial charge >= 0.3 is 24.7 Å². The minimum absolute atomic E-state index is 0. The third-order valence-corrected chi connectivity index (χ3v) is 10.6. The lowest BCUT2D eigenvalue weighted by Gasteiger charge is -2.37. The summed E-state index contributed by atoms with van der Waals surface area (Å²) in [5, 5.41) is 43.7. The van der Waals surface area contributed by atoms with E-state index in [1.165, 1.54) is 35.4 Å². The SMILES string of the molecule is C[C@H](NCc1ccccc1)c1ccccc1.O=C(O)C(c1cccc(OC(F)(F)F)c1)C1(O)CCCCC1.O=C(O)[C@H](c1cccc(OC(F)(F)F)c1)C1(O)CCCCC1.S. The molecule has 1 unspecified atom stereocenters. The highest BCUT2D eigenvalue weighted by atomic mass is 32.1. The number of hydrogen-bond acceptors (Lipinski definition) is 7. The van der Waals surface area contributed by atoms with Crippen molar-refractivity contribution in [3.05, 3.63) is 131 Å². The van der Waals surface area contributed by atoms with E-state index in [9.17, 15) is 56.4 Å². The van der Waals surface area contributed by atoms with Crippen molar-refractivity contribution in [1.82, 2.24) is 5.32 Å². The molecule has 0 spiro atoms. The summed E-state index contributed by atoms with van der Waals surface area (Å²) < 4.78 is 81.3. The normalized spacial score (nSPS) is 17.3. The third kappa shape index (κ3) is 16.2. The minimum Gasteiger partial charge on any atom is -0.481 e. The Morgan fingerprint density at radius 2 is 0.951 bits per heavy atom. The fourth-order valence-corrected chi connectivity index (χ4v) is 7.78. The van der Waals surface area contributed by atoms with Crippen molar-refractivity contribution >= 4 is 25.4 Å². The van der Waals surface area contributed by atoms with E-state index >= 15 is 0 Å². The van der Waals surface area contributed by atoms with E-state index in [0.717, 1.165) is 43.7 Å². The predicted octanol–water partition coefficient (Wildman–Crippen LogP) is 10.5. The van der Waals surface area contributed by atoms with Crippen LogP contribution in [-0.4, -0.2) is 56.3 Å². The van der Waals surface area contributed by atoms with Gasteiger partial charge in [0.2, 0.25) is 0 Å². The summed E-state index contributed by atoms with van der Waals surface area (Å²) in [4.78, 5) is 23.2. The monoisotopic (exact) mass is 881 g/mol. The average molecular weight is 882 g/mol. The Hall–Kier alpha value is -4.77. The average Bonchev–Trinajstić information content (AvgIpc) is 3.17. The van der Waals surface area contributed by atoms with Crippen LogP contribution in [0.4, 0.5) is 26.3 Å². The van der Waals surface area contributed by atoms with Crippen LogP contribution in [0.2, 0.25) is 0 Å². The summed E-state index contributed by atoms with van der Waals surface area (Å²) in [6.07, 6.45) is -3.85. The number of carboxylic acids is 2. The van der Waals surface area contributed by atoms with Crippen LogP contribution in [0.25, 0.3) is 0 Å². The Morgan fingerprint density at radius 1 is 0.590 bits per heavy atom. The van der Waals surface area contributed by atoms with Crippen molar-refractivity contribution in [2.45, 2.75) is 119 Å². The lowest BCUT2D eigenvalue weighted by atomic mass is 9.73. The molecule has 0 aliphatic heterocycles. The Kier molecular flexibility index (Phi) is 19.0. The van der Waals surface area contributed by atoms with Gasteiger partial charge in [0.05, 0.1) is 11.2 Å². The molecule has 0 radical (unpaired) electrons. The molecule has 0 bridgehead atoms. The number of rotatable bonds is 12. The Morgan fingerprint density at radius 3 is 1.31 bits per heavy atom. The lowest BCUT2D eigenvalue weighted by molar-refractivity contribution is -0.275. The number of halogens is 6. The second kappa shape index (κ2) is 22.9.